The molecule has 0 bridgehead atoms. The Bertz CT molecular complexity index is 496. The molecule has 1 saturated heterocycles. The molecule has 3 nitrogen and oxygen atoms in total. The van der Waals surface area contributed by atoms with Gasteiger partial charge in [0.25, 0.3) is 0 Å². The first kappa shape index (κ1) is 22.2. The summed E-state index contributed by atoms with van der Waals surface area (Å²) in [5.41, 5.74) is -0.268. The Morgan fingerprint density at radius 1 is 1.00 bits per heavy atom. The molecule has 3 atom stereocenters. The van der Waals surface area contributed by atoms with Crippen molar-refractivity contribution in [1.82, 2.24) is 0 Å². The van der Waals surface area contributed by atoms with Gasteiger partial charge in [-0.3, -0.25) is 0 Å². The predicted octanol–water partition coefficient (Wildman–Crippen LogP) is 6.40. The molecule has 3 heteroatoms. The summed E-state index contributed by atoms with van der Waals surface area (Å²) >= 11 is 0. The number of ether oxygens (including phenoxy) is 3. The van der Waals surface area contributed by atoms with Crippen LogP contribution < -0.4 is 4.74 Å². The third kappa shape index (κ3) is 8.23. The smallest absolute Gasteiger partial charge is 0.120 e. The highest BCUT2D eigenvalue weighted by Gasteiger charge is 2.38. The van der Waals surface area contributed by atoms with Crippen LogP contribution in [0, 0.1) is 5.92 Å². The molecule has 0 amide bonds. The van der Waals surface area contributed by atoms with E-state index in [9.17, 15) is 0 Å². The van der Waals surface area contributed by atoms with E-state index in [0.717, 1.165) is 38.2 Å². The van der Waals surface area contributed by atoms with Gasteiger partial charge in [0.15, 0.2) is 0 Å². The van der Waals surface area contributed by atoms with Crippen LogP contribution in [0.5, 0.6) is 5.75 Å². The fraction of sp³-hybridized carbons (Fsp3) is 0.750. The fourth-order valence-corrected chi connectivity index (χ4v) is 3.91. The maximum absolute atomic E-state index is 6.45. The number of hydrogen-bond donors (Lipinski definition) is 0. The standard InChI is InChI=1S/C24H40O3/c1-5-7-8-9-13-17-23(26-19-21-18-25-21)22(14-6-2)24(3,4)27-20-15-11-10-12-16-20/h10-12,15-16,21-23H,5-9,13-14,17-19H2,1-4H3. The molecule has 1 heterocycles. The Balaban J connectivity index is 2.01. The minimum atomic E-state index is -0.268. The molecule has 2 rings (SSSR count). The number of rotatable bonds is 15. The van der Waals surface area contributed by atoms with Crippen molar-refractivity contribution in [2.75, 3.05) is 13.2 Å². The van der Waals surface area contributed by atoms with Crippen LogP contribution in [0.2, 0.25) is 0 Å². The van der Waals surface area contributed by atoms with Gasteiger partial charge in [-0.25, -0.2) is 0 Å². The van der Waals surface area contributed by atoms with Gasteiger partial charge in [-0.05, 0) is 38.8 Å². The molecule has 0 radical (unpaired) electrons. The summed E-state index contributed by atoms with van der Waals surface area (Å²) in [7, 11) is 0. The van der Waals surface area contributed by atoms with E-state index in [-0.39, 0.29) is 11.7 Å². The van der Waals surface area contributed by atoms with Crippen molar-refractivity contribution < 1.29 is 14.2 Å². The van der Waals surface area contributed by atoms with Crippen molar-refractivity contribution in [3.63, 3.8) is 0 Å². The second kappa shape index (κ2) is 11.7. The van der Waals surface area contributed by atoms with Crippen molar-refractivity contribution in [2.45, 2.75) is 96.9 Å². The summed E-state index contributed by atoms with van der Waals surface area (Å²) in [5.74, 6) is 1.31. The van der Waals surface area contributed by atoms with E-state index in [2.05, 4.69) is 27.7 Å². The quantitative estimate of drug-likeness (QED) is 0.262. The summed E-state index contributed by atoms with van der Waals surface area (Å²) in [4.78, 5) is 0. The average Bonchev–Trinajstić information content (AvgIpc) is 3.47. The Kier molecular flexibility index (Phi) is 9.64. The average molecular weight is 377 g/mol. The normalized spacial score (nSPS) is 18.9. The minimum Gasteiger partial charge on any atom is -0.487 e. The minimum absolute atomic E-state index is 0.231. The Labute approximate surface area is 166 Å². The van der Waals surface area contributed by atoms with Gasteiger partial charge >= 0.3 is 0 Å². The second-order valence-electron chi connectivity index (χ2n) is 8.44. The number of benzene rings is 1. The van der Waals surface area contributed by atoms with Gasteiger partial charge in [0.1, 0.15) is 17.5 Å². The molecule has 27 heavy (non-hydrogen) atoms. The van der Waals surface area contributed by atoms with Crippen molar-refractivity contribution in [3.05, 3.63) is 30.3 Å². The van der Waals surface area contributed by atoms with Gasteiger partial charge < -0.3 is 14.2 Å². The van der Waals surface area contributed by atoms with E-state index in [4.69, 9.17) is 14.2 Å². The molecule has 0 saturated carbocycles. The Morgan fingerprint density at radius 3 is 2.33 bits per heavy atom. The maximum atomic E-state index is 6.45. The first-order valence-corrected chi connectivity index (χ1v) is 11.0. The number of epoxide rings is 1. The zero-order valence-corrected chi connectivity index (χ0v) is 17.9. The highest BCUT2D eigenvalue weighted by molar-refractivity contribution is 5.22. The lowest BCUT2D eigenvalue weighted by atomic mass is 9.80. The van der Waals surface area contributed by atoms with Gasteiger partial charge in [0.2, 0.25) is 0 Å². The molecule has 0 N–H and O–H groups in total. The van der Waals surface area contributed by atoms with Crippen LogP contribution in [0.15, 0.2) is 30.3 Å². The molecule has 154 valence electrons. The highest BCUT2D eigenvalue weighted by atomic mass is 16.6. The summed E-state index contributed by atoms with van der Waals surface area (Å²) in [5, 5.41) is 0. The topological polar surface area (TPSA) is 31.0 Å². The number of hydrogen-bond acceptors (Lipinski definition) is 3. The lowest BCUT2D eigenvalue weighted by molar-refractivity contribution is -0.0747. The van der Waals surface area contributed by atoms with Gasteiger partial charge in [0, 0.05) is 5.92 Å². The number of unbranched alkanes of at least 4 members (excludes halogenated alkanes) is 4. The molecule has 0 aliphatic carbocycles. The molecule has 3 unspecified atom stereocenters. The molecule has 1 aromatic rings. The van der Waals surface area contributed by atoms with E-state index >= 15 is 0 Å². The molecule has 1 aromatic carbocycles. The highest BCUT2D eigenvalue weighted by Crippen LogP contribution is 2.34. The third-order valence-corrected chi connectivity index (χ3v) is 5.56. The van der Waals surface area contributed by atoms with Gasteiger partial charge in [-0.1, -0.05) is 70.6 Å². The van der Waals surface area contributed by atoms with Crippen molar-refractivity contribution >= 4 is 0 Å². The Hall–Kier alpha value is -1.06. The zero-order chi connectivity index (χ0) is 19.5. The molecule has 0 spiro atoms. The largest absolute Gasteiger partial charge is 0.487 e. The molecule has 0 aromatic heterocycles. The van der Waals surface area contributed by atoms with Crippen LogP contribution in [-0.2, 0) is 9.47 Å². The van der Waals surface area contributed by atoms with Crippen LogP contribution in [0.1, 0.15) is 79.1 Å². The van der Waals surface area contributed by atoms with Gasteiger partial charge in [0.05, 0.1) is 19.3 Å². The maximum Gasteiger partial charge on any atom is 0.120 e. The monoisotopic (exact) mass is 376 g/mol. The van der Waals surface area contributed by atoms with Crippen molar-refractivity contribution in [3.8, 4) is 5.75 Å². The summed E-state index contributed by atoms with van der Waals surface area (Å²) < 4.78 is 18.2. The molecular formula is C24H40O3. The number of para-hydroxylation sites is 1. The van der Waals surface area contributed by atoms with Crippen molar-refractivity contribution in [1.29, 1.82) is 0 Å². The lowest BCUT2D eigenvalue weighted by Crippen LogP contribution is -2.45. The molecule has 1 aliphatic heterocycles. The molecule has 1 aliphatic rings. The van der Waals surface area contributed by atoms with Gasteiger partial charge in [-0.15, -0.1) is 0 Å². The fourth-order valence-electron chi connectivity index (χ4n) is 3.91. The summed E-state index contributed by atoms with van der Waals surface area (Å²) in [6, 6.07) is 10.2. The van der Waals surface area contributed by atoms with Crippen LogP contribution >= 0.6 is 0 Å². The van der Waals surface area contributed by atoms with E-state index in [1.54, 1.807) is 0 Å². The van der Waals surface area contributed by atoms with Crippen LogP contribution in [0.25, 0.3) is 0 Å². The van der Waals surface area contributed by atoms with E-state index in [0.29, 0.717) is 12.0 Å². The second-order valence-corrected chi connectivity index (χ2v) is 8.44. The van der Waals surface area contributed by atoms with E-state index in [1.807, 2.05) is 30.3 Å². The van der Waals surface area contributed by atoms with Crippen LogP contribution in [0.3, 0.4) is 0 Å². The molecular weight excluding hydrogens is 336 g/mol. The predicted molar refractivity (Wildman–Crippen MR) is 112 cm³/mol. The van der Waals surface area contributed by atoms with Crippen molar-refractivity contribution in [2.24, 2.45) is 5.92 Å². The summed E-state index contributed by atoms with van der Waals surface area (Å²) in [6.07, 6.45) is 10.4. The molecule has 1 fully saturated rings. The van der Waals surface area contributed by atoms with Crippen LogP contribution in [0.4, 0.5) is 0 Å². The zero-order valence-electron chi connectivity index (χ0n) is 17.9. The Morgan fingerprint density at radius 2 is 1.70 bits per heavy atom. The lowest BCUT2D eigenvalue weighted by Gasteiger charge is -2.40. The van der Waals surface area contributed by atoms with E-state index < -0.39 is 0 Å². The third-order valence-electron chi connectivity index (χ3n) is 5.56. The SMILES string of the molecule is CCCCCCCC(OCC1CO1)C(CCC)C(C)(C)Oc1ccccc1. The van der Waals surface area contributed by atoms with Crippen LogP contribution in [-0.4, -0.2) is 31.0 Å². The first-order valence-electron chi connectivity index (χ1n) is 11.0. The van der Waals surface area contributed by atoms with Gasteiger partial charge in [-0.2, -0.15) is 0 Å². The van der Waals surface area contributed by atoms with E-state index in [1.165, 1.54) is 32.1 Å². The summed E-state index contributed by atoms with van der Waals surface area (Å²) in [6.45, 7) is 10.5. The first-order chi connectivity index (χ1) is 13.1.